The summed E-state index contributed by atoms with van der Waals surface area (Å²) in [4.78, 5) is 24.1. The minimum absolute atomic E-state index is 0.00559. The van der Waals surface area contributed by atoms with Gasteiger partial charge in [-0.15, -0.1) is 5.10 Å². The Hall–Kier alpha value is -1.70. The third-order valence-electron chi connectivity index (χ3n) is 2.64. The normalized spacial score (nSPS) is 19.3. The van der Waals surface area contributed by atoms with E-state index in [0.29, 0.717) is 11.5 Å². The highest BCUT2D eigenvalue weighted by molar-refractivity contribution is 7.10. The highest BCUT2D eigenvalue weighted by atomic mass is 32.1. The van der Waals surface area contributed by atoms with Crippen LogP contribution in [0.4, 0.5) is 9.80 Å². The molecule has 17 heavy (non-hydrogen) atoms. The molecule has 1 unspecified atom stereocenters. The number of amides is 2. The number of nitrogens with zero attached hydrogens (tertiary/aromatic N) is 3. The Kier molecular flexibility index (Phi) is 3.52. The third kappa shape index (κ3) is 2.90. The largest absolute Gasteiger partial charge is 0.481 e. The molecule has 1 aromatic heterocycles. The molecule has 0 saturated carbocycles. The van der Waals surface area contributed by atoms with E-state index in [2.05, 4.69) is 14.9 Å². The van der Waals surface area contributed by atoms with Crippen molar-refractivity contribution in [1.82, 2.24) is 14.5 Å². The number of carbonyl (C=O) groups excluding carboxylic acids is 1. The highest BCUT2D eigenvalue weighted by Gasteiger charge is 2.30. The highest BCUT2D eigenvalue weighted by Crippen LogP contribution is 2.21. The van der Waals surface area contributed by atoms with Crippen LogP contribution in [0.15, 0.2) is 6.20 Å². The SMILES string of the molecule is O=C(O)CC1CCCN1C(=O)Nc1cnns1. The Morgan fingerprint density at radius 2 is 2.47 bits per heavy atom. The lowest BCUT2D eigenvalue weighted by atomic mass is 10.1. The Morgan fingerprint density at radius 3 is 3.12 bits per heavy atom. The maximum atomic E-state index is 11.9. The van der Waals surface area contributed by atoms with Crippen molar-refractivity contribution in [2.75, 3.05) is 11.9 Å². The molecule has 0 radical (unpaired) electrons. The van der Waals surface area contributed by atoms with Crippen molar-refractivity contribution in [3.8, 4) is 0 Å². The average molecular weight is 256 g/mol. The van der Waals surface area contributed by atoms with Gasteiger partial charge in [0, 0.05) is 24.1 Å². The molecular formula is C9H12N4O3S. The van der Waals surface area contributed by atoms with Gasteiger partial charge in [-0.25, -0.2) is 4.79 Å². The van der Waals surface area contributed by atoms with Gasteiger partial charge in [-0.1, -0.05) is 4.49 Å². The number of carboxylic acids is 1. The van der Waals surface area contributed by atoms with E-state index in [-0.39, 0.29) is 18.5 Å². The fourth-order valence-corrected chi connectivity index (χ4v) is 2.33. The summed E-state index contributed by atoms with van der Waals surface area (Å²) >= 11 is 1.09. The molecule has 0 spiro atoms. The summed E-state index contributed by atoms with van der Waals surface area (Å²) in [7, 11) is 0. The molecule has 1 atom stereocenters. The predicted octanol–water partition coefficient (Wildman–Crippen LogP) is 1.01. The van der Waals surface area contributed by atoms with Gasteiger partial charge >= 0.3 is 12.0 Å². The van der Waals surface area contributed by atoms with Crippen LogP contribution in [0.5, 0.6) is 0 Å². The number of urea groups is 1. The summed E-state index contributed by atoms with van der Waals surface area (Å²) in [6, 6.07) is -0.492. The zero-order valence-corrected chi connectivity index (χ0v) is 9.81. The maximum absolute atomic E-state index is 11.9. The summed E-state index contributed by atoms with van der Waals surface area (Å²) in [5.41, 5.74) is 0. The smallest absolute Gasteiger partial charge is 0.322 e. The number of carboxylic acid groups (broad SMARTS) is 1. The van der Waals surface area contributed by atoms with Crippen LogP contribution in [0.2, 0.25) is 0 Å². The molecule has 7 nitrogen and oxygen atoms in total. The standard InChI is InChI=1S/C9H12N4O3S/c14-8(15)4-6-2-1-3-13(6)9(16)11-7-5-10-12-17-7/h5-6H,1-4H2,(H,11,16)(H,14,15). The zero-order chi connectivity index (χ0) is 12.3. The first kappa shape index (κ1) is 11.8. The van der Waals surface area contributed by atoms with Crippen LogP contribution in [0.3, 0.4) is 0 Å². The molecule has 2 amide bonds. The van der Waals surface area contributed by atoms with Crippen LogP contribution in [-0.2, 0) is 4.79 Å². The van der Waals surface area contributed by atoms with Gasteiger partial charge in [0.15, 0.2) is 0 Å². The van der Waals surface area contributed by atoms with Crippen molar-refractivity contribution in [3.05, 3.63) is 6.20 Å². The summed E-state index contributed by atoms with van der Waals surface area (Å²) in [5.74, 6) is -0.880. The number of nitrogens with one attached hydrogen (secondary N) is 1. The van der Waals surface area contributed by atoms with Crippen molar-refractivity contribution in [2.45, 2.75) is 25.3 Å². The van der Waals surface area contributed by atoms with Crippen molar-refractivity contribution < 1.29 is 14.7 Å². The Balaban J connectivity index is 1.96. The topological polar surface area (TPSA) is 95.4 Å². The Bertz CT molecular complexity index is 408. The molecule has 8 heteroatoms. The van der Waals surface area contributed by atoms with Gasteiger partial charge in [0.2, 0.25) is 0 Å². The number of carbonyl (C=O) groups is 2. The monoisotopic (exact) mass is 256 g/mol. The minimum atomic E-state index is -0.880. The Morgan fingerprint density at radius 1 is 1.65 bits per heavy atom. The maximum Gasteiger partial charge on any atom is 0.322 e. The van der Waals surface area contributed by atoms with Crippen LogP contribution < -0.4 is 5.32 Å². The van der Waals surface area contributed by atoms with Crippen LogP contribution in [0.25, 0.3) is 0 Å². The second-order valence-corrected chi connectivity index (χ2v) is 4.58. The summed E-state index contributed by atoms with van der Waals surface area (Å²) < 4.78 is 3.63. The average Bonchev–Trinajstić information content (AvgIpc) is 2.87. The van der Waals surface area contributed by atoms with E-state index >= 15 is 0 Å². The number of anilines is 1. The molecule has 1 aliphatic heterocycles. The van der Waals surface area contributed by atoms with Crippen LogP contribution >= 0.6 is 11.5 Å². The number of hydrogen-bond acceptors (Lipinski definition) is 5. The second kappa shape index (κ2) is 5.09. The molecule has 0 bridgehead atoms. The predicted molar refractivity (Wildman–Crippen MR) is 60.9 cm³/mol. The molecule has 1 aromatic rings. The van der Waals surface area contributed by atoms with Crippen LogP contribution in [0, 0.1) is 0 Å². The molecule has 0 aliphatic carbocycles. The molecule has 92 valence electrons. The van der Waals surface area contributed by atoms with Gasteiger partial charge in [0.05, 0.1) is 12.6 Å². The van der Waals surface area contributed by atoms with Crippen molar-refractivity contribution in [3.63, 3.8) is 0 Å². The number of aromatic nitrogens is 2. The van der Waals surface area contributed by atoms with E-state index in [1.807, 2.05) is 0 Å². The zero-order valence-electron chi connectivity index (χ0n) is 9.00. The first-order valence-corrected chi connectivity index (χ1v) is 6.01. The van der Waals surface area contributed by atoms with E-state index in [4.69, 9.17) is 5.11 Å². The molecule has 1 aliphatic rings. The van der Waals surface area contributed by atoms with Gasteiger partial charge in [-0.3, -0.25) is 10.1 Å². The summed E-state index contributed by atoms with van der Waals surface area (Å²) in [5, 5.41) is 15.6. The fourth-order valence-electron chi connectivity index (χ4n) is 1.92. The van der Waals surface area contributed by atoms with Gasteiger partial charge in [0.25, 0.3) is 0 Å². The van der Waals surface area contributed by atoms with Gasteiger partial charge in [-0.05, 0) is 12.8 Å². The summed E-state index contributed by atoms with van der Waals surface area (Å²) in [6.07, 6.45) is 3.03. The van der Waals surface area contributed by atoms with E-state index < -0.39 is 5.97 Å². The molecule has 0 aromatic carbocycles. The Labute approximate surface area is 102 Å². The summed E-state index contributed by atoms with van der Waals surface area (Å²) in [6.45, 7) is 0.593. The number of aliphatic carboxylic acids is 1. The van der Waals surface area contributed by atoms with E-state index in [9.17, 15) is 9.59 Å². The van der Waals surface area contributed by atoms with Gasteiger partial charge < -0.3 is 10.0 Å². The quantitative estimate of drug-likeness (QED) is 0.841. The molecule has 2 N–H and O–H groups in total. The number of hydrogen-bond donors (Lipinski definition) is 2. The lowest BCUT2D eigenvalue weighted by Gasteiger charge is -2.23. The molecule has 2 heterocycles. The molecule has 2 rings (SSSR count). The van der Waals surface area contributed by atoms with Crippen molar-refractivity contribution >= 4 is 28.5 Å². The van der Waals surface area contributed by atoms with E-state index in [1.54, 1.807) is 4.90 Å². The van der Waals surface area contributed by atoms with Crippen LogP contribution in [0.1, 0.15) is 19.3 Å². The molecule has 1 fully saturated rings. The van der Waals surface area contributed by atoms with E-state index in [1.165, 1.54) is 6.20 Å². The van der Waals surface area contributed by atoms with Crippen LogP contribution in [-0.4, -0.2) is 44.2 Å². The number of rotatable bonds is 3. The second-order valence-electron chi connectivity index (χ2n) is 3.80. The first-order valence-electron chi connectivity index (χ1n) is 5.23. The fraction of sp³-hybridized carbons (Fsp3) is 0.556. The van der Waals surface area contributed by atoms with E-state index in [0.717, 1.165) is 24.4 Å². The lowest BCUT2D eigenvalue weighted by molar-refractivity contribution is -0.137. The van der Waals surface area contributed by atoms with Gasteiger partial charge in [-0.2, -0.15) is 0 Å². The molecule has 1 saturated heterocycles. The first-order chi connectivity index (χ1) is 8.16. The molecular weight excluding hydrogens is 244 g/mol. The van der Waals surface area contributed by atoms with Gasteiger partial charge in [0.1, 0.15) is 5.00 Å². The van der Waals surface area contributed by atoms with Crippen molar-refractivity contribution in [2.24, 2.45) is 0 Å². The van der Waals surface area contributed by atoms with Crippen molar-refractivity contribution in [1.29, 1.82) is 0 Å². The lowest BCUT2D eigenvalue weighted by Crippen LogP contribution is -2.39. The number of likely N-dealkylation sites (tertiary alicyclic amines) is 1. The minimum Gasteiger partial charge on any atom is -0.481 e. The third-order valence-corrected chi connectivity index (χ3v) is 3.22.